The van der Waals surface area contributed by atoms with E-state index in [-0.39, 0.29) is 41.9 Å². The number of aliphatic carboxylic acids is 1. The number of rotatable bonds is 6. The number of carbonyl (C=O) groups excluding carboxylic acids is 2. The van der Waals surface area contributed by atoms with Crippen molar-refractivity contribution in [2.45, 2.75) is 32.1 Å². The number of hydrogen-bond donors (Lipinski definition) is 1. The summed E-state index contributed by atoms with van der Waals surface area (Å²) in [6, 6.07) is 0. The minimum atomic E-state index is -0.796. The molecule has 2 bridgehead atoms. The Labute approximate surface area is 117 Å². The molecule has 4 atom stereocenters. The van der Waals surface area contributed by atoms with Crippen LogP contribution in [0.5, 0.6) is 0 Å². The molecule has 1 N–H and O–H groups in total. The molecular formula is C15H19NO4. The molecule has 2 fully saturated rings. The van der Waals surface area contributed by atoms with E-state index >= 15 is 0 Å². The molecule has 0 aromatic carbocycles. The monoisotopic (exact) mass is 277 g/mol. The van der Waals surface area contributed by atoms with Gasteiger partial charge in [0.25, 0.3) is 0 Å². The molecule has 0 unspecified atom stereocenters. The average Bonchev–Trinajstić information content (AvgIpc) is 3.06. The molecule has 1 saturated heterocycles. The molecule has 20 heavy (non-hydrogen) atoms. The van der Waals surface area contributed by atoms with Crippen molar-refractivity contribution in [3.8, 4) is 0 Å². The van der Waals surface area contributed by atoms with Crippen LogP contribution in [-0.2, 0) is 14.4 Å². The predicted molar refractivity (Wildman–Crippen MR) is 70.5 cm³/mol. The lowest BCUT2D eigenvalue weighted by atomic mass is 9.85. The van der Waals surface area contributed by atoms with Crippen LogP contribution < -0.4 is 0 Å². The summed E-state index contributed by atoms with van der Waals surface area (Å²) in [6.07, 6.45) is 7.34. The summed E-state index contributed by atoms with van der Waals surface area (Å²) in [5.41, 5.74) is 0. The first kappa shape index (κ1) is 13.3. The van der Waals surface area contributed by atoms with Crippen molar-refractivity contribution in [2.24, 2.45) is 23.7 Å². The zero-order valence-electron chi connectivity index (χ0n) is 11.3. The van der Waals surface area contributed by atoms with Crippen LogP contribution in [0.15, 0.2) is 12.2 Å². The molecule has 1 heterocycles. The second-order valence-corrected chi connectivity index (χ2v) is 6.03. The molecular weight excluding hydrogens is 258 g/mol. The molecule has 0 spiro atoms. The fourth-order valence-electron chi connectivity index (χ4n) is 3.91. The van der Waals surface area contributed by atoms with Crippen LogP contribution in [0.3, 0.4) is 0 Å². The van der Waals surface area contributed by atoms with Crippen LogP contribution in [0.25, 0.3) is 0 Å². The third kappa shape index (κ3) is 2.05. The number of carboxylic acid groups (broad SMARTS) is 1. The van der Waals surface area contributed by atoms with Gasteiger partial charge in [0.15, 0.2) is 0 Å². The summed E-state index contributed by atoms with van der Waals surface area (Å²) in [7, 11) is 0. The van der Waals surface area contributed by atoms with Crippen LogP contribution >= 0.6 is 0 Å². The summed E-state index contributed by atoms with van der Waals surface area (Å²) >= 11 is 0. The Morgan fingerprint density at radius 1 is 1.10 bits per heavy atom. The van der Waals surface area contributed by atoms with Gasteiger partial charge in [-0.3, -0.25) is 19.3 Å². The number of allylic oxidation sites excluding steroid dienone is 2. The van der Waals surface area contributed by atoms with Crippen molar-refractivity contribution in [2.75, 3.05) is 6.54 Å². The lowest BCUT2D eigenvalue weighted by Crippen LogP contribution is -2.33. The molecule has 3 rings (SSSR count). The summed E-state index contributed by atoms with van der Waals surface area (Å²) in [6.45, 7) is 0.448. The maximum Gasteiger partial charge on any atom is 0.303 e. The van der Waals surface area contributed by atoms with E-state index in [9.17, 15) is 14.4 Å². The van der Waals surface area contributed by atoms with Gasteiger partial charge in [0.2, 0.25) is 11.8 Å². The van der Waals surface area contributed by atoms with Crippen LogP contribution in [0.1, 0.15) is 32.1 Å². The van der Waals surface area contributed by atoms with Crippen molar-refractivity contribution >= 4 is 17.8 Å². The standard InChI is InChI=1S/C15H19NO4/c17-11(18)4-2-1-3-7-16-14(19)12-9-5-6-10(8-9)13(12)15(16)20/h5-6,9-10,12-13H,1-4,7-8H2,(H,17,18)/t9-,10-,12-,13+/m0/s1. The molecule has 1 aliphatic heterocycles. The highest BCUT2D eigenvalue weighted by Crippen LogP contribution is 2.52. The first-order valence-electron chi connectivity index (χ1n) is 7.35. The topological polar surface area (TPSA) is 74.7 Å². The quantitative estimate of drug-likeness (QED) is 0.453. The van der Waals surface area contributed by atoms with Gasteiger partial charge in [0.1, 0.15) is 0 Å². The largest absolute Gasteiger partial charge is 0.481 e. The van der Waals surface area contributed by atoms with Gasteiger partial charge in [0.05, 0.1) is 11.8 Å². The Morgan fingerprint density at radius 3 is 2.25 bits per heavy atom. The number of fused-ring (bicyclic) bond motifs is 5. The van der Waals surface area contributed by atoms with Crippen molar-refractivity contribution in [3.05, 3.63) is 12.2 Å². The maximum absolute atomic E-state index is 12.3. The SMILES string of the molecule is O=C(O)CCCCCN1C(=O)[C@@H]2[C@H](C1=O)[C@H]1C=C[C@H]2C1. The fraction of sp³-hybridized carbons (Fsp3) is 0.667. The number of imide groups is 1. The molecule has 5 heteroatoms. The zero-order valence-corrected chi connectivity index (χ0v) is 11.3. The highest BCUT2D eigenvalue weighted by atomic mass is 16.4. The minimum absolute atomic E-state index is 0.00455. The Hall–Kier alpha value is -1.65. The number of likely N-dealkylation sites (tertiary alicyclic amines) is 1. The number of carbonyl (C=O) groups is 3. The van der Waals surface area contributed by atoms with Gasteiger partial charge in [0, 0.05) is 13.0 Å². The fourth-order valence-corrected chi connectivity index (χ4v) is 3.91. The number of carboxylic acids is 1. The van der Waals surface area contributed by atoms with Crippen LogP contribution in [0.4, 0.5) is 0 Å². The second-order valence-electron chi connectivity index (χ2n) is 6.03. The van der Waals surface area contributed by atoms with E-state index in [1.54, 1.807) is 0 Å². The predicted octanol–water partition coefficient (Wildman–Crippen LogP) is 1.44. The van der Waals surface area contributed by atoms with E-state index in [0.717, 1.165) is 12.8 Å². The second kappa shape index (κ2) is 5.04. The number of nitrogens with zero attached hydrogens (tertiary/aromatic N) is 1. The third-order valence-corrected chi connectivity index (χ3v) is 4.83. The van der Waals surface area contributed by atoms with Gasteiger partial charge in [-0.15, -0.1) is 0 Å². The first-order chi connectivity index (χ1) is 9.59. The molecule has 108 valence electrons. The molecule has 2 aliphatic carbocycles. The molecule has 2 amide bonds. The van der Waals surface area contributed by atoms with Crippen LogP contribution in [-0.4, -0.2) is 34.3 Å². The summed E-state index contributed by atoms with van der Waals surface area (Å²) in [4.78, 5) is 36.5. The van der Waals surface area contributed by atoms with Gasteiger partial charge in [-0.25, -0.2) is 0 Å². The number of hydrogen-bond acceptors (Lipinski definition) is 3. The highest BCUT2D eigenvalue weighted by Gasteiger charge is 2.58. The van der Waals surface area contributed by atoms with Crippen molar-refractivity contribution in [3.63, 3.8) is 0 Å². The zero-order chi connectivity index (χ0) is 14.3. The highest BCUT2D eigenvalue weighted by molar-refractivity contribution is 6.06. The van der Waals surface area contributed by atoms with Crippen molar-refractivity contribution in [1.29, 1.82) is 0 Å². The minimum Gasteiger partial charge on any atom is -0.481 e. The molecule has 0 aromatic rings. The van der Waals surface area contributed by atoms with E-state index in [1.807, 2.05) is 0 Å². The van der Waals surface area contributed by atoms with E-state index in [1.165, 1.54) is 4.90 Å². The van der Waals surface area contributed by atoms with E-state index < -0.39 is 5.97 Å². The van der Waals surface area contributed by atoms with E-state index in [2.05, 4.69) is 12.2 Å². The Bertz CT molecular complexity index is 454. The summed E-state index contributed by atoms with van der Waals surface area (Å²) in [5, 5.41) is 8.56. The Morgan fingerprint density at radius 2 is 1.70 bits per heavy atom. The maximum atomic E-state index is 12.3. The molecule has 0 aromatic heterocycles. The first-order valence-corrected chi connectivity index (χ1v) is 7.35. The lowest BCUT2D eigenvalue weighted by Gasteiger charge is -2.16. The van der Waals surface area contributed by atoms with Gasteiger partial charge in [-0.1, -0.05) is 18.6 Å². The molecule has 1 saturated carbocycles. The number of unbranched alkanes of at least 4 members (excludes halogenated alkanes) is 2. The third-order valence-electron chi connectivity index (χ3n) is 4.83. The molecule has 3 aliphatic rings. The van der Waals surface area contributed by atoms with E-state index in [4.69, 9.17) is 5.11 Å². The lowest BCUT2D eigenvalue weighted by molar-refractivity contribution is -0.141. The van der Waals surface area contributed by atoms with Gasteiger partial charge >= 0.3 is 5.97 Å². The van der Waals surface area contributed by atoms with Gasteiger partial charge in [-0.05, 0) is 31.1 Å². The van der Waals surface area contributed by atoms with Crippen molar-refractivity contribution in [1.82, 2.24) is 4.90 Å². The Balaban J connectivity index is 1.53. The normalized spacial score (nSPS) is 34.1. The smallest absolute Gasteiger partial charge is 0.303 e. The van der Waals surface area contributed by atoms with E-state index in [0.29, 0.717) is 19.4 Å². The Kier molecular flexibility index (Phi) is 3.36. The van der Waals surface area contributed by atoms with Gasteiger partial charge < -0.3 is 5.11 Å². The van der Waals surface area contributed by atoms with Crippen LogP contribution in [0.2, 0.25) is 0 Å². The van der Waals surface area contributed by atoms with Gasteiger partial charge in [-0.2, -0.15) is 0 Å². The van der Waals surface area contributed by atoms with Crippen LogP contribution in [0, 0.1) is 23.7 Å². The molecule has 0 radical (unpaired) electrons. The number of amides is 2. The van der Waals surface area contributed by atoms with Crippen molar-refractivity contribution < 1.29 is 19.5 Å². The summed E-state index contributed by atoms with van der Waals surface area (Å²) < 4.78 is 0. The molecule has 5 nitrogen and oxygen atoms in total. The summed E-state index contributed by atoms with van der Waals surface area (Å²) in [5.74, 6) is -0.509. The average molecular weight is 277 g/mol.